The first-order valence-corrected chi connectivity index (χ1v) is 7.92. The number of thiophene rings is 1. The van der Waals surface area contributed by atoms with Crippen LogP contribution in [0.3, 0.4) is 0 Å². The van der Waals surface area contributed by atoms with Gasteiger partial charge in [-0.25, -0.2) is 0 Å². The first-order chi connectivity index (χ1) is 9.83. The van der Waals surface area contributed by atoms with Crippen molar-refractivity contribution < 1.29 is 0 Å². The molecule has 0 nitrogen and oxygen atoms in total. The standard InChI is InChI=1S/C19H16S/c1-13-11-15(14-7-3-2-4-8-14)12-18-19(13)16-9-5-6-10-17(16)20-18/h2-5,7-9,11-12H,6,10H2,1H3. The highest BCUT2D eigenvalue weighted by atomic mass is 32.1. The summed E-state index contributed by atoms with van der Waals surface area (Å²) in [6, 6.07) is 15.3. The van der Waals surface area contributed by atoms with Crippen LogP contribution in [-0.2, 0) is 6.42 Å². The number of hydrogen-bond acceptors (Lipinski definition) is 1. The summed E-state index contributed by atoms with van der Waals surface area (Å²) in [7, 11) is 0. The summed E-state index contributed by atoms with van der Waals surface area (Å²) in [4.78, 5) is 1.55. The number of aryl methyl sites for hydroxylation is 2. The molecule has 20 heavy (non-hydrogen) atoms. The fourth-order valence-corrected chi connectivity index (χ4v) is 4.41. The summed E-state index contributed by atoms with van der Waals surface area (Å²) in [6.07, 6.45) is 7.00. The number of hydrogen-bond donors (Lipinski definition) is 0. The molecule has 4 rings (SSSR count). The third-order valence-electron chi connectivity index (χ3n) is 4.03. The van der Waals surface area contributed by atoms with Gasteiger partial charge in [0.25, 0.3) is 0 Å². The van der Waals surface area contributed by atoms with Crippen molar-refractivity contribution in [1.29, 1.82) is 0 Å². The molecule has 2 aromatic carbocycles. The Balaban J connectivity index is 1.98. The van der Waals surface area contributed by atoms with Gasteiger partial charge in [-0.3, -0.25) is 0 Å². The zero-order chi connectivity index (χ0) is 13.5. The molecule has 0 bridgehead atoms. The van der Waals surface area contributed by atoms with Crippen molar-refractivity contribution in [2.75, 3.05) is 0 Å². The topological polar surface area (TPSA) is 0 Å². The van der Waals surface area contributed by atoms with E-state index in [1.165, 1.54) is 45.2 Å². The molecule has 1 heterocycles. The number of fused-ring (bicyclic) bond motifs is 3. The predicted octanol–water partition coefficient (Wildman–Crippen LogP) is 5.84. The van der Waals surface area contributed by atoms with Gasteiger partial charge in [0, 0.05) is 15.0 Å². The average Bonchev–Trinajstić information content (AvgIpc) is 2.87. The van der Waals surface area contributed by atoms with Crippen LogP contribution in [0.25, 0.3) is 27.3 Å². The van der Waals surface area contributed by atoms with Gasteiger partial charge in [-0.05, 0) is 48.1 Å². The largest absolute Gasteiger partial charge is 0.140 e. The second kappa shape index (κ2) is 4.60. The molecule has 1 aromatic heterocycles. The third kappa shape index (κ3) is 1.82. The monoisotopic (exact) mass is 276 g/mol. The van der Waals surface area contributed by atoms with Crippen molar-refractivity contribution in [3.8, 4) is 11.1 Å². The average molecular weight is 276 g/mol. The van der Waals surface area contributed by atoms with Gasteiger partial charge in [-0.15, -0.1) is 11.3 Å². The van der Waals surface area contributed by atoms with Crippen molar-refractivity contribution in [3.63, 3.8) is 0 Å². The minimum absolute atomic E-state index is 1.18. The normalized spacial score (nSPS) is 13.7. The number of allylic oxidation sites excluding steroid dienone is 1. The lowest BCUT2D eigenvalue weighted by molar-refractivity contribution is 1.02. The summed E-state index contributed by atoms with van der Waals surface area (Å²) in [5.74, 6) is 0. The second-order valence-corrected chi connectivity index (χ2v) is 6.55. The molecular formula is C19H16S. The van der Waals surface area contributed by atoms with Gasteiger partial charge in [0.2, 0.25) is 0 Å². The molecule has 0 fully saturated rings. The van der Waals surface area contributed by atoms with Crippen LogP contribution < -0.4 is 0 Å². The molecule has 0 saturated heterocycles. The highest BCUT2D eigenvalue weighted by Crippen LogP contribution is 2.39. The first-order valence-electron chi connectivity index (χ1n) is 7.11. The van der Waals surface area contributed by atoms with Gasteiger partial charge in [0.15, 0.2) is 0 Å². The van der Waals surface area contributed by atoms with Gasteiger partial charge in [-0.1, -0.05) is 48.6 Å². The van der Waals surface area contributed by atoms with Crippen LogP contribution in [0.2, 0.25) is 0 Å². The lowest BCUT2D eigenvalue weighted by Crippen LogP contribution is -1.88. The smallest absolute Gasteiger partial charge is 0.0360 e. The van der Waals surface area contributed by atoms with Crippen molar-refractivity contribution in [1.82, 2.24) is 0 Å². The highest BCUT2D eigenvalue weighted by molar-refractivity contribution is 7.19. The van der Waals surface area contributed by atoms with E-state index in [1.807, 2.05) is 11.3 Å². The molecule has 98 valence electrons. The minimum atomic E-state index is 1.18. The van der Waals surface area contributed by atoms with E-state index >= 15 is 0 Å². The maximum absolute atomic E-state index is 2.36. The zero-order valence-electron chi connectivity index (χ0n) is 11.5. The Hall–Kier alpha value is -1.86. The van der Waals surface area contributed by atoms with E-state index in [0.29, 0.717) is 0 Å². The summed E-state index contributed by atoms with van der Waals surface area (Å²) >= 11 is 1.97. The summed E-state index contributed by atoms with van der Waals surface area (Å²) in [5, 5.41) is 1.46. The predicted molar refractivity (Wildman–Crippen MR) is 89.4 cm³/mol. The Kier molecular flexibility index (Phi) is 2.75. The van der Waals surface area contributed by atoms with Gasteiger partial charge < -0.3 is 0 Å². The Labute approximate surface area is 123 Å². The lowest BCUT2D eigenvalue weighted by atomic mass is 9.96. The van der Waals surface area contributed by atoms with Crippen molar-refractivity contribution >= 4 is 27.5 Å². The first kappa shape index (κ1) is 11.9. The van der Waals surface area contributed by atoms with E-state index in [2.05, 4.69) is 61.5 Å². The molecule has 0 N–H and O–H groups in total. The van der Waals surface area contributed by atoms with Gasteiger partial charge >= 0.3 is 0 Å². The molecule has 0 amide bonds. The molecule has 1 heteroatoms. The van der Waals surface area contributed by atoms with Crippen LogP contribution in [0, 0.1) is 6.92 Å². The van der Waals surface area contributed by atoms with E-state index in [4.69, 9.17) is 0 Å². The van der Waals surface area contributed by atoms with E-state index in [0.717, 1.165) is 0 Å². The molecule has 0 unspecified atom stereocenters. The van der Waals surface area contributed by atoms with Crippen LogP contribution in [0.1, 0.15) is 22.4 Å². The molecular weight excluding hydrogens is 260 g/mol. The molecule has 1 aliphatic carbocycles. The van der Waals surface area contributed by atoms with Gasteiger partial charge in [0.1, 0.15) is 0 Å². The van der Waals surface area contributed by atoms with E-state index in [1.54, 1.807) is 4.88 Å². The van der Waals surface area contributed by atoms with Crippen molar-refractivity contribution in [2.45, 2.75) is 19.8 Å². The molecule has 1 aliphatic rings. The Morgan fingerprint density at radius 1 is 1.00 bits per heavy atom. The lowest BCUT2D eigenvalue weighted by Gasteiger charge is -2.07. The van der Waals surface area contributed by atoms with E-state index < -0.39 is 0 Å². The van der Waals surface area contributed by atoms with Crippen LogP contribution in [0.5, 0.6) is 0 Å². The van der Waals surface area contributed by atoms with Gasteiger partial charge in [-0.2, -0.15) is 0 Å². The van der Waals surface area contributed by atoms with Crippen molar-refractivity contribution in [2.24, 2.45) is 0 Å². The number of rotatable bonds is 1. The molecule has 3 aromatic rings. The van der Waals surface area contributed by atoms with E-state index in [9.17, 15) is 0 Å². The Bertz CT molecular complexity index is 807. The quantitative estimate of drug-likeness (QED) is 0.524. The fourth-order valence-electron chi connectivity index (χ4n) is 3.08. The van der Waals surface area contributed by atoms with Crippen LogP contribution in [-0.4, -0.2) is 0 Å². The number of benzene rings is 2. The molecule has 0 radical (unpaired) electrons. The minimum Gasteiger partial charge on any atom is -0.140 e. The summed E-state index contributed by atoms with van der Waals surface area (Å²) < 4.78 is 1.43. The highest BCUT2D eigenvalue weighted by Gasteiger charge is 2.15. The van der Waals surface area contributed by atoms with E-state index in [-0.39, 0.29) is 0 Å². The van der Waals surface area contributed by atoms with Crippen molar-refractivity contribution in [3.05, 3.63) is 64.5 Å². The summed E-state index contributed by atoms with van der Waals surface area (Å²) in [5.41, 5.74) is 5.50. The van der Waals surface area contributed by atoms with Gasteiger partial charge in [0.05, 0.1) is 0 Å². The SMILES string of the molecule is Cc1cc(-c2ccccc2)cc2sc3c(c12)C=CCC3. The maximum atomic E-state index is 2.36. The van der Waals surface area contributed by atoms with Crippen LogP contribution in [0.15, 0.2) is 48.5 Å². The fraction of sp³-hybridized carbons (Fsp3) is 0.158. The molecule has 0 spiro atoms. The maximum Gasteiger partial charge on any atom is 0.0360 e. The third-order valence-corrected chi connectivity index (χ3v) is 5.24. The molecule has 0 atom stereocenters. The molecule has 0 saturated carbocycles. The molecule has 0 aliphatic heterocycles. The Morgan fingerprint density at radius 2 is 1.85 bits per heavy atom. The zero-order valence-corrected chi connectivity index (χ0v) is 12.3. The summed E-state index contributed by atoms with van der Waals surface area (Å²) in [6.45, 7) is 2.24. The Morgan fingerprint density at radius 3 is 2.70 bits per heavy atom. The van der Waals surface area contributed by atoms with Crippen LogP contribution in [0.4, 0.5) is 0 Å². The second-order valence-electron chi connectivity index (χ2n) is 5.41. The van der Waals surface area contributed by atoms with Crippen LogP contribution >= 0.6 is 11.3 Å².